The molecule has 0 aliphatic rings. The van der Waals surface area contributed by atoms with Crippen molar-refractivity contribution in [3.8, 4) is 34.5 Å². The van der Waals surface area contributed by atoms with Crippen molar-refractivity contribution in [3.05, 3.63) is 35.4 Å². The van der Waals surface area contributed by atoms with Crippen molar-refractivity contribution in [3.63, 3.8) is 0 Å². The maximum absolute atomic E-state index is 11.8. The number of ether oxygens (including phenoxy) is 2. The molecular weight excluding hydrogens is 352 g/mol. The van der Waals surface area contributed by atoms with Crippen LogP contribution in [0.1, 0.15) is 20.7 Å². The summed E-state index contributed by atoms with van der Waals surface area (Å²) in [5.74, 6) is -6.57. The van der Waals surface area contributed by atoms with Gasteiger partial charge in [-0.05, 0) is 24.3 Å². The lowest BCUT2D eigenvalue weighted by Gasteiger charge is -2.09. The Hall–Kier alpha value is -3.82. The number of esters is 2. The molecule has 6 N–H and O–H groups in total. The molecule has 2 rings (SSSR count). The van der Waals surface area contributed by atoms with Crippen LogP contribution in [0, 0.1) is 0 Å². The lowest BCUT2D eigenvalue weighted by atomic mass is 10.2. The molecule has 0 unspecified atom stereocenters. The SMILES string of the molecule is O=C(OCCOC(=O)c1ccc(O)c(O)c1O)c1cc(O)c(O)c(O)c1. The molecule has 10 nitrogen and oxygen atoms in total. The first-order valence-electron chi connectivity index (χ1n) is 7.05. The van der Waals surface area contributed by atoms with Crippen molar-refractivity contribution in [2.75, 3.05) is 13.2 Å². The molecule has 0 spiro atoms. The van der Waals surface area contributed by atoms with Crippen LogP contribution >= 0.6 is 0 Å². The van der Waals surface area contributed by atoms with Crippen LogP contribution in [-0.4, -0.2) is 55.8 Å². The fourth-order valence-electron chi connectivity index (χ4n) is 1.89. The first-order chi connectivity index (χ1) is 12.2. The highest BCUT2D eigenvalue weighted by Crippen LogP contribution is 2.37. The van der Waals surface area contributed by atoms with Gasteiger partial charge in [-0.2, -0.15) is 0 Å². The molecule has 0 aromatic heterocycles. The van der Waals surface area contributed by atoms with E-state index in [4.69, 9.17) is 9.47 Å². The predicted molar refractivity (Wildman–Crippen MR) is 83.4 cm³/mol. The van der Waals surface area contributed by atoms with Gasteiger partial charge in [0.05, 0.1) is 5.56 Å². The van der Waals surface area contributed by atoms with E-state index >= 15 is 0 Å². The van der Waals surface area contributed by atoms with E-state index in [1.165, 1.54) is 0 Å². The zero-order valence-electron chi connectivity index (χ0n) is 13.0. The molecule has 0 amide bonds. The molecule has 138 valence electrons. The molecule has 0 atom stereocenters. The Balaban J connectivity index is 1.90. The fourth-order valence-corrected chi connectivity index (χ4v) is 1.89. The topological polar surface area (TPSA) is 174 Å². The van der Waals surface area contributed by atoms with Gasteiger partial charge in [-0.1, -0.05) is 0 Å². The second kappa shape index (κ2) is 7.38. The third kappa shape index (κ3) is 3.80. The minimum atomic E-state index is -1.03. The van der Waals surface area contributed by atoms with Crippen LogP contribution < -0.4 is 0 Å². The molecular formula is C16H14O10. The van der Waals surface area contributed by atoms with E-state index in [0.29, 0.717) is 0 Å². The van der Waals surface area contributed by atoms with Gasteiger partial charge in [-0.15, -0.1) is 0 Å². The van der Waals surface area contributed by atoms with Gasteiger partial charge < -0.3 is 40.1 Å². The number of carbonyl (C=O) groups excluding carboxylic acids is 2. The number of hydrogen-bond acceptors (Lipinski definition) is 10. The number of aromatic hydroxyl groups is 6. The zero-order valence-corrected chi connectivity index (χ0v) is 13.0. The van der Waals surface area contributed by atoms with E-state index < -0.39 is 65.2 Å². The van der Waals surface area contributed by atoms with Gasteiger partial charge in [0.2, 0.25) is 5.75 Å². The molecule has 0 bridgehead atoms. The highest BCUT2D eigenvalue weighted by molar-refractivity contribution is 5.94. The van der Waals surface area contributed by atoms with E-state index in [0.717, 1.165) is 24.3 Å². The van der Waals surface area contributed by atoms with Gasteiger partial charge in [-0.3, -0.25) is 0 Å². The summed E-state index contributed by atoms with van der Waals surface area (Å²) in [5, 5.41) is 55.9. The Morgan fingerprint density at radius 1 is 0.692 bits per heavy atom. The number of rotatable bonds is 5. The molecule has 0 heterocycles. The zero-order chi connectivity index (χ0) is 19.4. The lowest BCUT2D eigenvalue weighted by molar-refractivity contribution is 0.0263. The largest absolute Gasteiger partial charge is 0.504 e. The average Bonchev–Trinajstić information content (AvgIpc) is 2.60. The van der Waals surface area contributed by atoms with Gasteiger partial charge in [-0.25, -0.2) is 9.59 Å². The van der Waals surface area contributed by atoms with E-state index in [-0.39, 0.29) is 5.56 Å². The van der Waals surface area contributed by atoms with Crippen molar-refractivity contribution in [2.45, 2.75) is 0 Å². The van der Waals surface area contributed by atoms with Crippen LogP contribution in [0.3, 0.4) is 0 Å². The minimum Gasteiger partial charge on any atom is -0.504 e. The Bertz CT molecular complexity index is 835. The van der Waals surface area contributed by atoms with E-state index in [1.54, 1.807) is 0 Å². The van der Waals surface area contributed by atoms with Crippen LogP contribution in [0.5, 0.6) is 34.5 Å². The van der Waals surface area contributed by atoms with E-state index in [9.17, 15) is 40.2 Å². The quantitative estimate of drug-likeness (QED) is 0.254. The second-order valence-corrected chi connectivity index (χ2v) is 4.96. The van der Waals surface area contributed by atoms with Gasteiger partial charge in [0.15, 0.2) is 28.7 Å². The predicted octanol–water partition coefficient (Wildman–Crippen LogP) is 0.934. The third-order valence-electron chi connectivity index (χ3n) is 3.20. The van der Waals surface area contributed by atoms with Crippen LogP contribution in [0.15, 0.2) is 24.3 Å². The van der Waals surface area contributed by atoms with Crippen LogP contribution in [0.4, 0.5) is 0 Å². The second-order valence-electron chi connectivity index (χ2n) is 4.96. The van der Waals surface area contributed by atoms with Crippen LogP contribution in [0.2, 0.25) is 0 Å². The van der Waals surface area contributed by atoms with E-state index in [2.05, 4.69) is 0 Å². The number of hydrogen-bond donors (Lipinski definition) is 6. The summed E-state index contributed by atoms with van der Waals surface area (Å²) in [7, 11) is 0. The average molecular weight is 366 g/mol. The molecule has 26 heavy (non-hydrogen) atoms. The molecule has 0 aliphatic heterocycles. The molecule has 0 aliphatic carbocycles. The summed E-state index contributed by atoms with van der Waals surface area (Å²) in [6.07, 6.45) is 0. The normalized spacial score (nSPS) is 10.3. The van der Waals surface area contributed by atoms with Gasteiger partial charge >= 0.3 is 11.9 Å². The number of phenolic OH excluding ortho intramolecular Hbond substituents is 6. The number of benzene rings is 2. The molecule has 0 saturated heterocycles. The van der Waals surface area contributed by atoms with Crippen LogP contribution in [-0.2, 0) is 9.47 Å². The van der Waals surface area contributed by atoms with Crippen LogP contribution in [0.25, 0.3) is 0 Å². The number of carbonyl (C=O) groups is 2. The first-order valence-corrected chi connectivity index (χ1v) is 7.05. The van der Waals surface area contributed by atoms with Gasteiger partial charge in [0, 0.05) is 0 Å². The summed E-state index contributed by atoms with van der Waals surface area (Å²) in [6.45, 7) is -0.792. The Kier molecular flexibility index (Phi) is 5.26. The third-order valence-corrected chi connectivity index (χ3v) is 3.20. The highest BCUT2D eigenvalue weighted by atomic mass is 16.6. The maximum atomic E-state index is 11.8. The maximum Gasteiger partial charge on any atom is 0.342 e. The monoisotopic (exact) mass is 366 g/mol. The van der Waals surface area contributed by atoms with Crippen molar-refractivity contribution >= 4 is 11.9 Å². The Morgan fingerprint density at radius 3 is 1.81 bits per heavy atom. The summed E-state index contributed by atoms with van der Waals surface area (Å²) >= 11 is 0. The highest BCUT2D eigenvalue weighted by Gasteiger charge is 2.19. The Labute approximate surface area is 145 Å². The Morgan fingerprint density at radius 2 is 1.23 bits per heavy atom. The molecule has 0 fully saturated rings. The summed E-state index contributed by atoms with van der Waals surface area (Å²) in [6, 6.07) is 3.76. The fraction of sp³-hybridized carbons (Fsp3) is 0.125. The summed E-state index contributed by atoms with van der Waals surface area (Å²) in [4.78, 5) is 23.5. The van der Waals surface area contributed by atoms with Crippen molar-refractivity contribution in [2.24, 2.45) is 0 Å². The van der Waals surface area contributed by atoms with Crippen molar-refractivity contribution in [1.29, 1.82) is 0 Å². The molecule has 2 aromatic carbocycles. The molecule has 10 heteroatoms. The molecule has 2 aromatic rings. The molecule has 0 saturated carbocycles. The minimum absolute atomic E-state index is 0.245. The lowest BCUT2D eigenvalue weighted by Crippen LogP contribution is -2.14. The standard InChI is InChI=1S/C16H14O10/c17-9-2-1-8(12(20)14(9)22)16(24)26-4-3-25-15(23)7-5-10(18)13(21)11(19)6-7/h1-2,5-6,17-22H,3-4H2. The summed E-state index contributed by atoms with van der Waals surface area (Å²) in [5.41, 5.74) is -0.648. The van der Waals surface area contributed by atoms with Gasteiger partial charge in [0.1, 0.15) is 18.8 Å². The van der Waals surface area contributed by atoms with Crippen molar-refractivity contribution in [1.82, 2.24) is 0 Å². The number of phenols is 6. The smallest absolute Gasteiger partial charge is 0.342 e. The molecule has 0 radical (unpaired) electrons. The summed E-state index contributed by atoms with van der Waals surface area (Å²) < 4.78 is 9.51. The van der Waals surface area contributed by atoms with Gasteiger partial charge in [0.25, 0.3) is 0 Å². The van der Waals surface area contributed by atoms with E-state index in [1.807, 2.05) is 0 Å². The van der Waals surface area contributed by atoms with Crippen molar-refractivity contribution < 1.29 is 49.7 Å². The first kappa shape index (κ1) is 18.5.